The average Bonchev–Trinajstić information content (AvgIpc) is 2.15. The van der Waals surface area contributed by atoms with Crippen molar-refractivity contribution < 1.29 is 9.84 Å². The molecule has 0 radical (unpaired) electrons. The smallest absolute Gasteiger partial charge is 0.0912 e. The van der Waals surface area contributed by atoms with Crippen LogP contribution in [0.1, 0.15) is 32.4 Å². The zero-order chi connectivity index (χ0) is 11.1. The third-order valence-electron chi connectivity index (χ3n) is 3.21. The van der Waals surface area contributed by atoms with Gasteiger partial charge < -0.3 is 9.84 Å². The third-order valence-corrected chi connectivity index (χ3v) is 3.21. The zero-order valence-electron chi connectivity index (χ0n) is 9.47. The predicted molar refractivity (Wildman–Crippen MR) is 59.5 cm³/mol. The van der Waals surface area contributed by atoms with Crippen LogP contribution >= 0.6 is 0 Å². The van der Waals surface area contributed by atoms with Crippen LogP contribution in [0.2, 0.25) is 0 Å². The van der Waals surface area contributed by atoms with E-state index >= 15 is 0 Å². The Bertz CT molecular complexity index is 330. The maximum atomic E-state index is 9.76. The zero-order valence-corrected chi connectivity index (χ0v) is 9.47. The van der Waals surface area contributed by atoms with Crippen LogP contribution in [0.15, 0.2) is 30.3 Å². The standard InChI is InChI=1S/C13H18O2/c1-9(14)11-12(15-13(11,2)3)10-7-5-4-6-8-10/h4-9,11-12,14H,1-3H3. The number of hydrogen-bond donors (Lipinski definition) is 1. The highest BCUT2D eigenvalue weighted by molar-refractivity contribution is 5.22. The van der Waals surface area contributed by atoms with Crippen molar-refractivity contribution in [2.24, 2.45) is 5.92 Å². The van der Waals surface area contributed by atoms with E-state index in [1.807, 2.05) is 39.0 Å². The number of rotatable bonds is 2. The van der Waals surface area contributed by atoms with Crippen molar-refractivity contribution in [2.75, 3.05) is 0 Å². The van der Waals surface area contributed by atoms with E-state index in [4.69, 9.17) is 4.74 Å². The molecule has 0 spiro atoms. The molecular weight excluding hydrogens is 188 g/mol. The molecule has 15 heavy (non-hydrogen) atoms. The second-order valence-corrected chi connectivity index (χ2v) is 4.82. The Balaban J connectivity index is 2.20. The quantitative estimate of drug-likeness (QED) is 0.805. The molecule has 82 valence electrons. The molecule has 0 aliphatic carbocycles. The van der Waals surface area contributed by atoms with Crippen LogP contribution in [-0.2, 0) is 4.74 Å². The summed E-state index contributed by atoms with van der Waals surface area (Å²) in [5.74, 6) is 0.180. The minimum absolute atomic E-state index is 0.0428. The Hall–Kier alpha value is -0.860. The summed E-state index contributed by atoms with van der Waals surface area (Å²) in [6.07, 6.45) is -0.292. The summed E-state index contributed by atoms with van der Waals surface area (Å²) in [5.41, 5.74) is 0.942. The van der Waals surface area contributed by atoms with E-state index in [1.165, 1.54) is 0 Å². The van der Waals surface area contributed by atoms with E-state index in [0.717, 1.165) is 5.56 Å². The molecule has 0 bridgehead atoms. The third kappa shape index (κ3) is 1.80. The monoisotopic (exact) mass is 206 g/mol. The second kappa shape index (κ2) is 3.62. The van der Waals surface area contributed by atoms with Crippen LogP contribution in [0.25, 0.3) is 0 Å². The van der Waals surface area contributed by atoms with Crippen LogP contribution in [0.4, 0.5) is 0 Å². The fourth-order valence-corrected chi connectivity index (χ4v) is 2.52. The van der Waals surface area contributed by atoms with Crippen molar-refractivity contribution in [1.82, 2.24) is 0 Å². The fraction of sp³-hybridized carbons (Fsp3) is 0.538. The molecule has 2 rings (SSSR count). The Morgan fingerprint density at radius 1 is 1.27 bits per heavy atom. The molecular formula is C13H18O2. The van der Waals surface area contributed by atoms with Crippen LogP contribution in [0.3, 0.4) is 0 Å². The Labute approximate surface area is 90.9 Å². The van der Waals surface area contributed by atoms with Gasteiger partial charge in [0.15, 0.2) is 0 Å². The molecule has 2 heteroatoms. The largest absolute Gasteiger partial charge is 0.393 e. The van der Waals surface area contributed by atoms with Gasteiger partial charge in [0.25, 0.3) is 0 Å². The highest BCUT2D eigenvalue weighted by Gasteiger charge is 2.51. The molecule has 0 aromatic heterocycles. The molecule has 1 aliphatic rings. The lowest BCUT2D eigenvalue weighted by molar-refractivity contribution is -0.271. The van der Waals surface area contributed by atoms with Crippen molar-refractivity contribution in [2.45, 2.75) is 38.6 Å². The summed E-state index contributed by atoms with van der Waals surface area (Å²) in [7, 11) is 0. The van der Waals surface area contributed by atoms with E-state index in [2.05, 4.69) is 12.1 Å². The summed E-state index contributed by atoms with van der Waals surface area (Å²) in [6.45, 7) is 5.90. The SMILES string of the molecule is CC(O)C1C(c2ccccc2)OC1(C)C. The lowest BCUT2D eigenvalue weighted by Gasteiger charge is -2.53. The van der Waals surface area contributed by atoms with Gasteiger partial charge in [-0.15, -0.1) is 0 Å². The second-order valence-electron chi connectivity index (χ2n) is 4.82. The first kappa shape index (κ1) is 10.7. The van der Waals surface area contributed by atoms with E-state index in [-0.39, 0.29) is 23.7 Å². The first-order valence-electron chi connectivity index (χ1n) is 5.43. The van der Waals surface area contributed by atoms with Crippen LogP contribution < -0.4 is 0 Å². The Morgan fingerprint density at radius 3 is 2.33 bits per heavy atom. The van der Waals surface area contributed by atoms with Crippen LogP contribution in [0, 0.1) is 5.92 Å². The number of aliphatic hydroxyl groups excluding tert-OH is 1. The van der Waals surface area contributed by atoms with E-state index in [9.17, 15) is 5.11 Å². The fourth-order valence-electron chi connectivity index (χ4n) is 2.52. The molecule has 1 fully saturated rings. The molecule has 1 aromatic carbocycles. The summed E-state index contributed by atoms with van der Waals surface area (Å²) in [5, 5.41) is 9.76. The number of ether oxygens (including phenoxy) is 1. The molecule has 1 N–H and O–H groups in total. The van der Waals surface area contributed by atoms with Crippen molar-refractivity contribution in [1.29, 1.82) is 0 Å². The molecule has 0 saturated carbocycles. The maximum absolute atomic E-state index is 9.76. The van der Waals surface area contributed by atoms with Crippen LogP contribution in [0.5, 0.6) is 0 Å². The molecule has 1 heterocycles. The van der Waals surface area contributed by atoms with Gasteiger partial charge in [0.05, 0.1) is 17.8 Å². The first-order chi connectivity index (χ1) is 7.02. The van der Waals surface area contributed by atoms with Gasteiger partial charge in [-0.3, -0.25) is 0 Å². The van der Waals surface area contributed by atoms with Gasteiger partial charge >= 0.3 is 0 Å². The Kier molecular flexibility index (Phi) is 2.57. The molecule has 1 saturated heterocycles. The highest BCUT2D eigenvalue weighted by atomic mass is 16.5. The number of hydrogen-bond acceptors (Lipinski definition) is 2. The van der Waals surface area contributed by atoms with Crippen molar-refractivity contribution in [3.05, 3.63) is 35.9 Å². The van der Waals surface area contributed by atoms with E-state index in [1.54, 1.807) is 0 Å². The minimum atomic E-state index is -0.334. The summed E-state index contributed by atoms with van der Waals surface area (Å²) in [6, 6.07) is 10.1. The van der Waals surface area contributed by atoms with E-state index in [0.29, 0.717) is 0 Å². The molecule has 0 amide bonds. The van der Waals surface area contributed by atoms with Gasteiger partial charge in [0, 0.05) is 5.92 Å². The summed E-state index contributed by atoms with van der Waals surface area (Å²) in [4.78, 5) is 0. The van der Waals surface area contributed by atoms with Gasteiger partial charge in [0.2, 0.25) is 0 Å². The molecule has 2 nitrogen and oxygen atoms in total. The molecule has 1 aliphatic heterocycles. The van der Waals surface area contributed by atoms with Gasteiger partial charge in [-0.25, -0.2) is 0 Å². The Morgan fingerprint density at radius 2 is 1.87 bits per heavy atom. The minimum Gasteiger partial charge on any atom is -0.393 e. The average molecular weight is 206 g/mol. The van der Waals surface area contributed by atoms with Gasteiger partial charge in [-0.05, 0) is 26.3 Å². The van der Waals surface area contributed by atoms with Crippen molar-refractivity contribution in [3.8, 4) is 0 Å². The van der Waals surface area contributed by atoms with Crippen molar-refractivity contribution in [3.63, 3.8) is 0 Å². The first-order valence-corrected chi connectivity index (χ1v) is 5.43. The van der Waals surface area contributed by atoms with E-state index < -0.39 is 0 Å². The van der Waals surface area contributed by atoms with Gasteiger partial charge in [0.1, 0.15) is 0 Å². The normalized spacial score (nSPS) is 30.7. The molecule has 3 atom stereocenters. The lowest BCUT2D eigenvalue weighted by atomic mass is 9.74. The summed E-state index contributed by atoms with van der Waals surface area (Å²) < 4.78 is 5.83. The number of aliphatic hydroxyl groups is 1. The molecule has 1 aromatic rings. The predicted octanol–water partition coefficient (Wildman–Crippen LogP) is 2.53. The lowest BCUT2D eigenvalue weighted by Crippen LogP contribution is -2.55. The molecule has 3 unspecified atom stereocenters. The topological polar surface area (TPSA) is 29.5 Å². The van der Waals surface area contributed by atoms with Gasteiger partial charge in [-0.2, -0.15) is 0 Å². The van der Waals surface area contributed by atoms with Crippen LogP contribution in [-0.4, -0.2) is 16.8 Å². The highest BCUT2D eigenvalue weighted by Crippen LogP contribution is 2.49. The maximum Gasteiger partial charge on any atom is 0.0912 e. The number of benzene rings is 1. The van der Waals surface area contributed by atoms with Crippen molar-refractivity contribution >= 4 is 0 Å². The summed E-state index contributed by atoms with van der Waals surface area (Å²) >= 11 is 0. The van der Waals surface area contributed by atoms with Gasteiger partial charge in [-0.1, -0.05) is 30.3 Å².